The average molecular weight is 287 g/mol. The topological polar surface area (TPSA) is 68.5 Å². The minimum Gasteiger partial charge on any atom is -0.472 e. The standard InChI is InChI=1S/C15H17N3O3/c1-11-4-5-14(17-16-11)18-7-2-3-13(18)10-21-15(19)12-6-8-20-9-12/h4-6,8-9,13H,2-3,7,10H2,1H3/t13-/m1/s1. The number of aromatic nitrogens is 2. The van der Waals surface area contributed by atoms with Gasteiger partial charge in [0.25, 0.3) is 0 Å². The highest BCUT2D eigenvalue weighted by Crippen LogP contribution is 2.23. The highest BCUT2D eigenvalue weighted by molar-refractivity contribution is 5.88. The van der Waals surface area contributed by atoms with Gasteiger partial charge in [-0.2, -0.15) is 5.10 Å². The molecule has 3 rings (SSSR count). The van der Waals surface area contributed by atoms with E-state index in [2.05, 4.69) is 15.1 Å². The smallest absolute Gasteiger partial charge is 0.341 e. The molecule has 21 heavy (non-hydrogen) atoms. The number of nitrogens with zero attached hydrogens (tertiary/aromatic N) is 3. The van der Waals surface area contributed by atoms with Crippen LogP contribution in [0.5, 0.6) is 0 Å². The van der Waals surface area contributed by atoms with Gasteiger partial charge < -0.3 is 14.1 Å². The molecule has 0 N–H and O–H groups in total. The van der Waals surface area contributed by atoms with E-state index in [-0.39, 0.29) is 12.0 Å². The summed E-state index contributed by atoms with van der Waals surface area (Å²) in [6.45, 7) is 3.16. The Labute approximate surface area is 122 Å². The predicted molar refractivity (Wildman–Crippen MR) is 76.1 cm³/mol. The lowest BCUT2D eigenvalue weighted by Crippen LogP contribution is -2.34. The summed E-state index contributed by atoms with van der Waals surface area (Å²) in [4.78, 5) is 14.0. The molecule has 0 aliphatic carbocycles. The molecule has 6 nitrogen and oxygen atoms in total. The first-order valence-corrected chi connectivity index (χ1v) is 7.00. The van der Waals surface area contributed by atoms with E-state index in [4.69, 9.17) is 9.15 Å². The first-order valence-electron chi connectivity index (χ1n) is 7.00. The molecule has 2 aromatic heterocycles. The minimum atomic E-state index is -0.356. The Morgan fingerprint density at radius 3 is 3.05 bits per heavy atom. The van der Waals surface area contributed by atoms with Crippen LogP contribution >= 0.6 is 0 Å². The number of carbonyl (C=O) groups is 1. The van der Waals surface area contributed by atoms with Gasteiger partial charge >= 0.3 is 5.97 Å². The second-order valence-electron chi connectivity index (χ2n) is 5.13. The van der Waals surface area contributed by atoms with Gasteiger partial charge in [0.05, 0.1) is 23.6 Å². The van der Waals surface area contributed by atoms with E-state index >= 15 is 0 Å². The fourth-order valence-electron chi connectivity index (χ4n) is 2.49. The first-order chi connectivity index (χ1) is 10.2. The summed E-state index contributed by atoms with van der Waals surface area (Å²) < 4.78 is 10.2. The second kappa shape index (κ2) is 5.95. The van der Waals surface area contributed by atoms with Crippen LogP contribution in [0.3, 0.4) is 0 Å². The second-order valence-corrected chi connectivity index (χ2v) is 5.13. The molecule has 6 heteroatoms. The van der Waals surface area contributed by atoms with E-state index in [9.17, 15) is 4.79 Å². The van der Waals surface area contributed by atoms with Gasteiger partial charge in [-0.05, 0) is 38.0 Å². The summed E-state index contributed by atoms with van der Waals surface area (Å²) in [6, 6.07) is 5.64. The molecule has 0 aromatic carbocycles. The minimum absolute atomic E-state index is 0.151. The van der Waals surface area contributed by atoms with E-state index in [1.54, 1.807) is 6.07 Å². The van der Waals surface area contributed by atoms with Crippen molar-refractivity contribution in [2.24, 2.45) is 0 Å². The van der Waals surface area contributed by atoms with Crippen LogP contribution < -0.4 is 4.90 Å². The number of ether oxygens (including phenoxy) is 1. The molecular formula is C15H17N3O3. The van der Waals surface area contributed by atoms with Crippen molar-refractivity contribution in [3.05, 3.63) is 42.0 Å². The maximum atomic E-state index is 11.8. The van der Waals surface area contributed by atoms with E-state index in [1.165, 1.54) is 12.5 Å². The molecule has 0 amide bonds. The highest BCUT2D eigenvalue weighted by atomic mass is 16.5. The van der Waals surface area contributed by atoms with Gasteiger partial charge in [-0.3, -0.25) is 0 Å². The van der Waals surface area contributed by atoms with Crippen molar-refractivity contribution in [2.75, 3.05) is 18.1 Å². The maximum absolute atomic E-state index is 11.8. The molecule has 1 aliphatic rings. The summed E-state index contributed by atoms with van der Waals surface area (Å²) in [7, 11) is 0. The average Bonchev–Trinajstić information content (AvgIpc) is 3.17. The molecule has 1 saturated heterocycles. The summed E-state index contributed by atoms with van der Waals surface area (Å²) >= 11 is 0. The third-order valence-corrected chi connectivity index (χ3v) is 3.62. The number of hydrogen-bond acceptors (Lipinski definition) is 6. The quantitative estimate of drug-likeness (QED) is 0.803. The SMILES string of the molecule is Cc1ccc(N2CCC[C@@H]2COC(=O)c2ccoc2)nn1. The normalized spacial score (nSPS) is 18.0. The molecule has 110 valence electrons. The Bertz CT molecular complexity index is 595. The van der Waals surface area contributed by atoms with Gasteiger partial charge in [0.15, 0.2) is 5.82 Å². The predicted octanol–water partition coefficient (Wildman–Crippen LogP) is 2.20. The van der Waals surface area contributed by atoms with Gasteiger partial charge in [-0.25, -0.2) is 4.79 Å². The third kappa shape index (κ3) is 3.04. The lowest BCUT2D eigenvalue weighted by atomic mass is 10.2. The van der Waals surface area contributed by atoms with Crippen LogP contribution in [0.15, 0.2) is 35.1 Å². The largest absolute Gasteiger partial charge is 0.472 e. The molecule has 3 heterocycles. The van der Waals surface area contributed by atoms with Crippen LogP contribution in [0.25, 0.3) is 0 Å². The zero-order chi connectivity index (χ0) is 14.7. The van der Waals surface area contributed by atoms with E-state index in [1.807, 2.05) is 19.1 Å². The Morgan fingerprint density at radius 1 is 1.43 bits per heavy atom. The fourth-order valence-corrected chi connectivity index (χ4v) is 2.49. The molecule has 1 fully saturated rings. The molecule has 0 radical (unpaired) electrons. The van der Waals surface area contributed by atoms with E-state index in [0.29, 0.717) is 12.2 Å². The summed E-state index contributed by atoms with van der Waals surface area (Å²) in [6.07, 6.45) is 4.89. The molecule has 0 unspecified atom stereocenters. The fraction of sp³-hybridized carbons (Fsp3) is 0.400. The Hall–Kier alpha value is -2.37. The maximum Gasteiger partial charge on any atom is 0.341 e. The van der Waals surface area contributed by atoms with Crippen LogP contribution in [0.2, 0.25) is 0 Å². The Morgan fingerprint density at radius 2 is 2.33 bits per heavy atom. The molecule has 1 atom stereocenters. The van der Waals surface area contributed by atoms with Gasteiger partial charge in [-0.15, -0.1) is 5.10 Å². The van der Waals surface area contributed by atoms with Crippen LogP contribution in [0, 0.1) is 6.92 Å². The van der Waals surface area contributed by atoms with Gasteiger partial charge in [0, 0.05) is 6.54 Å². The van der Waals surface area contributed by atoms with Crippen LogP contribution in [0.1, 0.15) is 28.9 Å². The number of rotatable bonds is 4. The number of esters is 1. The number of furan rings is 1. The van der Waals surface area contributed by atoms with Crippen LogP contribution in [0.4, 0.5) is 5.82 Å². The Balaban J connectivity index is 1.62. The lowest BCUT2D eigenvalue weighted by Gasteiger charge is -2.24. The number of carbonyl (C=O) groups excluding carboxylic acids is 1. The zero-order valence-electron chi connectivity index (χ0n) is 11.9. The van der Waals surface area contributed by atoms with Crippen molar-refractivity contribution in [1.29, 1.82) is 0 Å². The Kier molecular flexibility index (Phi) is 3.85. The van der Waals surface area contributed by atoms with Gasteiger partial charge in [0.1, 0.15) is 12.9 Å². The number of anilines is 1. The van der Waals surface area contributed by atoms with Crippen molar-refractivity contribution >= 4 is 11.8 Å². The molecule has 1 aliphatic heterocycles. The molecule has 0 spiro atoms. The molecule has 0 bridgehead atoms. The zero-order valence-corrected chi connectivity index (χ0v) is 11.9. The third-order valence-electron chi connectivity index (χ3n) is 3.62. The van der Waals surface area contributed by atoms with Crippen molar-refractivity contribution in [3.63, 3.8) is 0 Å². The molecule has 0 saturated carbocycles. The van der Waals surface area contributed by atoms with E-state index in [0.717, 1.165) is 30.9 Å². The summed E-state index contributed by atoms with van der Waals surface area (Å²) in [5, 5.41) is 8.29. The number of aryl methyl sites for hydroxylation is 1. The molecule has 2 aromatic rings. The summed E-state index contributed by atoms with van der Waals surface area (Å²) in [5.74, 6) is 0.480. The van der Waals surface area contributed by atoms with Crippen molar-refractivity contribution < 1.29 is 13.9 Å². The van der Waals surface area contributed by atoms with Crippen LogP contribution in [-0.4, -0.2) is 35.4 Å². The summed E-state index contributed by atoms with van der Waals surface area (Å²) in [5.41, 5.74) is 1.33. The highest BCUT2D eigenvalue weighted by Gasteiger charge is 2.27. The number of hydrogen-bond donors (Lipinski definition) is 0. The van der Waals surface area contributed by atoms with E-state index < -0.39 is 0 Å². The van der Waals surface area contributed by atoms with Crippen molar-refractivity contribution in [3.8, 4) is 0 Å². The monoisotopic (exact) mass is 287 g/mol. The molecular weight excluding hydrogens is 270 g/mol. The van der Waals surface area contributed by atoms with Crippen LogP contribution in [-0.2, 0) is 4.74 Å². The van der Waals surface area contributed by atoms with Crippen molar-refractivity contribution in [2.45, 2.75) is 25.8 Å². The van der Waals surface area contributed by atoms with Gasteiger partial charge in [-0.1, -0.05) is 0 Å². The van der Waals surface area contributed by atoms with Crippen molar-refractivity contribution in [1.82, 2.24) is 10.2 Å². The van der Waals surface area contributed by atoms with Gasteiger partial charge in [0.2, 0.25) is 0 Å². The first kappa shape index (κ1) is 13.6. The lowest BCUT2D eigenvalue weighted by molar-refractivity contribution is 0.0482.